The molecule has 20 heavy (non-hydrogen) atoms. The molecule has 0 spiro atoms. The number of oxime groups is 1. The van der Waals surface area contributed by atoms with E-state index in [1.807, 2.05) is 12.1 Å². The predicted molar refractivity (Wildman–Crippen MR) is 81.3 cm³/mol. The standard InChI is InChI=1S/C15H25N3O2/c1-5-8-15(2,3)17-10-11-6-7-12(14(16)18-19)13(9-11)20-4/h6-7,9,17,19H,5,8,10H2,1-4H3,(H2,16,18). The molecule has 1 rings (SSSR count). The van der Waals surface area contributed by atoms with Crippen LogP contribution in [0.4, 0.5) is 0 Å². The Morgan fingerprint density at radius 2 is 2.15 bits per heavy atom. The Kier molecular flexibility index (Phi) is 5.82. The Morgan fingerprint density at radius 3 is 2.70 bits per heavy atom. The SMILES string of the molecule is CCCC(C)(C)NCc1ccc(/C(N)=N/O)c(OC)c1. The van der Waals surface area contributed by atoms with E-state index < -0.39 is 0 Å². The van der Waals surface area contributed by atoms with E-state index in [1.165, 1.54) is 0 Å². The molecule has 0 radical (unpaired) electrons. The summed E-state index contributed by atoms with van der Waals surface area (Å²) < 4.78 is 5.29. The van der Waals surface area contributed by atoms with Gasteiger partial charge in [0.2, 0.25) is 0 Å². The van der Waals surface area contributed by atoms with Crippen molar-refractivity contribution in [3.8, 4) is 5.75 Å². The van der Waals surface area contributed by atoms with Gasteiger partial charge in [0.15, 0.2) is 5.84 Å². The van der Waals surface area contributed by atoms with Crippen LogP contribution in [0, 0.1) is 0 Å². The van der Waals surface area contributed by atoms with Gasteiger partial charge in [-0.15, -0.1) is 0 Å². The lowest BCUT2D eigenvalue weighted by Crippen LogP contribution is -2.38. The van der Waals surface area contributed by atoms with Gasteiger partial charge in [-0.3, -0.25) is 0 Å². The number of methoxy groups -OCH3 is 1. The molecule has 5 heteroatoms. The molecule has 0 aliphatic rings. The van der Waals surface area contributed by atoms with Gasteiger partial charge >= 0.3 is 0 Å². The number of amidine groups is 1. The number of benzene rings is 1. The van der Waals surface area contributed by atoms with Crippen LogP contribution in [0.3, 0.4) is 0 Å². The lowest BCUT2D eigenvalue weighted by atomic mass is 9.98. The highest BCUT2D eigenvalue weighted by molar-refractivity contribution is 5.99. The summed E-state index contributed by atoms with van der Waals surface area (Å²) in [7, 11) is 1.57. The third-order valence-electron chi connectivity index (χ3n) is 3.30. The van der Waals surface area contributed by atoms with Gasteiger partial charge in [0.1, 0.15) is 5.75 Å². The number of nitrogens with zero attached hydrogens (tertiary/aromatic N) is 1. The van der Waals surface area contributed by atoms with Gasteiger partial charge in [0.05, 0.1) is 12.7 Å². The van der Waals surface area contributed by atoms with Crippen molar-refractivity contribution in [1.29, 1.82) is 0 Å². The minimum Gasteiger partial charge on any atom is -0.496 e. The lowest BCUT2D eigenvalue weighted by molar-refractivity contribution is 0.318. The fourth-order valence-electron chi connectivity index (χ4n) is 2.17. The zero-order valence-electron chi connectivity index (χ0n) is 12.7. The van der Waals surface area contributed by atoms with Crippen molar-refractivity contribution in [2.45, 2.75) is 45.7 Å². The number of ether oxygens (including phenoxy) is 1. The summed E-state index contributed by atoms with van der Waals surface area (Å²) >= 11 is 0. The lowest BCUT2D eigenvalue weighted by Gasteiger charge is -2.26. The average Bonchev–Trinajstić information content (AvgIpc) is 2.44. The average molecular weight is 279 g/mol. The number of nitrogens with one attached hydrogen (secondary N) is 1. The summed E-state index contributed by atoms with van der Waals surface area (Å²) in [6, 6.07) is 5.66. The molecule has 0 unspecified atom stereocenters. The second-order valence-corrected chi connectivity index (χ2v) is 5.51. The second-order valence-electron chi connectivity index (χ2n) is 5.51. The third-order valence-corrected chi connectivity index (χ3v) is 3.30. The van der Waals surface area contributed by atoms with Crippen LogP contribution in [-0.2, 0) is 6.54 Å². The molecular formula is C15H25N3O2. The van der Waals surface area contributed by atoms with Gasteiger partial charge in [-0.05, 0) is 38.0 Å². The summed E-state index contributed by atoms with van der Waals surface area (Å²) in [5.41, 5.74) is 7.40. The van der Waals surface area contributed by atoms with E-state index in [-0.39, 0.29) is 11.4 Å². The number of rotatable bonds is 7. The topological polar surface area (TPSA) is 79.9 Å². The van der Waals surface area contributed by atoms with Gasteiger partial charge in [0, 0.05) is 12.1 Å². The van der Waals surface area contributed by atoms with Crippen LogP contribution >= 0.6 is 0 Å². The van der Waals surface area contributed by atoms with E-state index in [4.69, 9.17) is 15.7 Å². The molecular weight excluding hydrogens is 254 g/mol. The zero-order valence-corrected chi connectivity index (χ0v) is 12.7. The molecule has 0 aliphatic carbocycles. The van der Waals surface area contributed by atoms with Gasteiger partial charge in [-0.2, -0.15) is 0 Å². The van der Waals surface area contributed by atoms with Crippen molar-refractivity contribution in [3.05, 3.63) is 29.3 Å². The van der Waals surface area contributed by atoms with E-state index in [0.29, 0.717) is 11.3 Å². The number of hydrogen-bond acceptors (Lipinski definition) is 4. The molecule has 0 aromatic heterocycles. The smallest absolute Gasteiger partial charge is 0.173 e. The van der Waals surface area contributed by atoms with Gasteiger partial charge in [-0.25, -0.2) is 0 Å². The maximum atomic E-state index is 8.74. The summed E-state index contributed by atoms with van der Waals surface area (Å²) in [4.78, 5) is 0. The number of hydrogen-bond donors (Lipinski definition) is 3. The second kappa shape index (κ2) is 7.14. The Morgan fingerprint density at radius 1 is 1.45 bits per heavy atom. The summed E-state index contributed by atoms with van der Waals surface area (Å²) in [5.74, 6) is 0.653. The van der Waals surface area contributed by atoms with E-state index in [9.17, 15) is 0 Å². The number of nitrogens with two attached hydrogens (primary N) is 1. The minimum absolute atomic E-state index is 0.0488. The van der Waals surface area contributed by atoms with Crippen LogP contribution in [0.5, 0.6) is 5.75 Å². The fraction of sp³-hybridized carbons (Fsp3) is 0.533. The predicted octanol–water partition coefficient (Wildman–Crippen LogP) is 2.46. The Hall–Kier alpha value is -1.75. The first-order valence-electron chi connectivity index (χ1n) is 6.83. The maximum absolute atomic E-state index is 8.74. The Labute approximate surface area is 120 Å². The molecule has 0 amide bonds. The highest BCUT2D eigenvalue weighted by Crippen LogP contribution is 2.21. The fourth-order valence-corrected chi connectivity index (χ4v) is 2.17. The van der Waals surface area contributed by atoms with Gasteiger partial charge < -0.3 is 21.0 Å². The van der Waals surface area contributed by atoms with Crippen LogP contribution in [0.15, 0.2) is 23.4 Å². The van der Waals surface area contributed by atoms with Crippen molar-refractivity contribution in [1.82, 2.24) is 5.32 Å². The molecule has 0 atom stereocenters. The van der Waals surface area contributed by atoms with Crippen molar-refractivity contribution in [2.24, 2.45) is 10.9 Å². The molecule has 1 aromatic carbocycles. The molecule has 0 heterocycles. The molecule has 5 nitrogen and oxygen atoms in total. The molecule has 0 aliphatic heterocycles. The van der Waals surface area contributed by atoms with E-state index in [1.54, 1.807) is 13.2 Å². The summed E-state index contributed by atoms with van der Waals surface area (Å²) in [5, 5.41) is 15.3. The van der Waals surface area contributed by atoms with Crippen molar-refractivity contribution < 1.29 is 9.94 Å². The summed E-state index contributed by atoms with van der Waals surface area (Å²) in [6.45, 7) is 7.31. The normalized spacial score (nSPS) is 12.5. The van der Waals surface area contributed by atoms with Gasteiger partial charge in [-0.1, -0.05) is 24.6 Å². The first kappa shape index (κ1) is 16.3. The quantitative estimate of drug-likeness (QED) is 0.310. The molecule has 0 saturated carbocycles. The molecule has 0 saturated heterocycles. The van der Waals surface area contributed by atoms with Crippen LogP contribution in [0.1, 0.15) is 44.7 Å². The van der Waals surface area contributed by atoms with Gasteiger partial charge in [0.25, 0.3) is 0 Å². The first-order chi connectivity index (χ1) is 9.43. The highest BCUT2D eigenvalue weighted by Gasteiger charge is 2.16. The molecule has 112 valence electrons. The summed E-state index contributed by atoms with van der Waals surface area (Å²) in [6.07, 6.45) is 2.26. The van der Waals surface area contributed by atoms with Crippen LogP contribution in [0.2, 0.25) is 0 Å². The first-order valence-corrected chi connectivity index (χ1v) is 6.83. The van der Waals surface area contributed by atoms with Crippen molar-refractivity contribution in [2.75, 3.05) is 7.11 Å². The molecule has 1 aromatic rings. The monoisotopic (exact) mass is 279 g/mol. The molecule has 4 N–H and O–H groups in total. The molecule has 0 bridgehead atoms. The van der Waals surface area contributed by atoms with E-state index in [2.05, 4.69) is 31.2 Å². The van der Waals surface area contributed by atoms with Crippen LogP contribution in [-0.4, -0.2) is 23.7 Å². The third kappa shape index (κ3) is 4.42. The van der Waals surface area contributed by atoms with Crippen LogP contribution in [0.25, 0.3) is 0 Å². The molecule has 0 fully saturated rings. The van der Waals surface area contributed by atoms with Crippen molar-refractivity contribution >= 4 is 5.84 Å². The maximum Gasteiger partial charge on any atom is 0.173 e. The largest absolute Gasteiger partial charge is 0.496 e. The van der Waals surface area contributed by atoms with E-state index >= 15 is 0 Å². The van der Waals surface area contributed by atoms with E-state index in [0.717, 1.165) is 24.9 Å². The zero-order chi connectivity index (χ0) is 15.2. The van der Waals surface area contributed by atoms with Crippen LogP contribution < -0.4 is 15.8 Å². The minimum atomic E-state index is 0.0488. The Balaban J connectivity index is 2.84. The Bertz CT molecular complexity index is 470. The highest BCUT2D eigenvalue weighted by atomic mass is 16.5. The van der Waals surface area contributed by atoms with Crippen molar-refractivity contribution in [3.63, 3.8) is 0 Å².